The largest absolute Gasteiger partial charge is 0.324 e. The summed E-state index contributed by atoms with van der Waals surface area (Å²) in [6.45, 7) is 6.22. The van der Waals surface area contributed by atoms with Gasteiger partial charge in [-0.25, -0.2) is 0 Å². The molecule has 29 heavy (non-hydrogen) atoms. The minimum Gasteiger partial charge on any atom is -0.324 e. The number of thioether (sulfide) groups is 2. The predicted molar refractivity (Wildman–Crippen MR) is 123 cm³/mol. The number of hydrogen-bond donors (Lipinski definition) is 1. The first-order chi connectivity index (χ1) is 14.0. The number of rotatable bonds is 8. The number of nitrogens with zero attached hydrogens (tertiary/aromatic N) is 3. The first-order valence-corrected chi connectivity index (χ1v) is 11.4. The van der Waals surface area contributed by atoms with E-state index in [9.17, 15) is 4.79 Å². The van der Waals surface area contributed by atoms with Gasteiger partial charge in [-0.3, -0.25) is 9.36 Å². The van der Waals surface area contributed by atoms with Crippen molar-refractivity contribution >= 4 is 46.7 Å². The average Bonchev–Trinajstić information content (AvgIpc) is 3.11. The molecule has 5 nitrogen and oxygen atoms in total. The van der Waals surface area contributed by atoms with Gasteiger partial charge in [0.05, 0.1) is 10.9 Å². The fraction of sp³-hybridized carbons (Fsp3) is 0.190. The second kappa shape index (κ2) is 10.0. The molecule has 8 heteroatoms. The molecule has 150 valence electrons. The van der Waals surface area contributed by atoms with Crippen molar-refractivity contribution in [3.8, 4) is 11.4 Å². The minimum atomic E-state index is -0.351. The van der Waals surface area contributed by atoms with Crippen molar-refractivity contribution in [1.82, 2.24) is 14.8 Å². The molecule has 1 heterocycles. The van der Waals surface area contributed by atoms with Gasteiger partial charge < -0.3 is 5.32 Å². The summed E-state index contributed by atoms with van der Waals surface area (Å²) >= 11 is 8.95. The fourth-order valence-electron chi connectivity index (χ4n) is 2.68. The second-order valence-corrected chi connectivity index (χ2v) is 8.75. The van der Waals surface area contributed by atoms with Crippen LogP contribution in [0.25, 0.3) is 11.4 Å². The van der Waals surface area contributed by atoms with E-state index in [0.29, 0.717) is 22.5 Å². The summed E-state index contributed by atoms with van der Waals surface area (Å²) in [5, 5.41) is 12.6. The lowest BCUT2D eigenvalue weighted by Gasteiger charge is -2.14. The molecule has 0 bridgehead atoms. The van der Waals surface area contributed by atoms with Gasteiger partial charge >= 0.3 is 0 Å². The van der Waals surface area contributed by atoms with Gasteiger partial charge in [0.1, 0.15) is 0 Å². The molecule has 2 aromatic carbocycles. The highest BCUT2D eigenvalue weighted by molar-refractivity contribution is 8.00. The third-order valence-corrected chi connectivity index (χ3v) is 6.28. The fourth-order valence-corrected chi connectivity index (χ4v) is 4.21. The Kier molecular flexibility index (Phi) is 7.41. The summed E-state index contributed by atoms with van der Waals surface area (Å²) in [5.41, 5.74) is 1.72. The van der Waals surface area contributed by atoms with Crippen molar-refractivity contribution in [2.75, 3.05) is 11.6 Å². The Bertz CT molecular complexity index is 1000. The number of anilines is 1. The standard InChI is InChI=1S/C21H21ClN4OS2/c1-4-13-26-19(15-9-11-16(22)12-10-15)24-25-21(26)29-14(2)20(27)23-17-7-5-6-8-18(17)28-3/h4-12,14H,1,13H2,2-3H3,(H,23,27). The van der Waals surface area contributed by atoms with Crippen molar-refractivity contribution < 1.29 is 4.79 Å². The Hall–Kier alpha value is -2.22. The molecule has 1 amide bonds. The molecule has 0 aliphatic carbocycles. The molecule has 1 aromatic heterocycles. The van der Waals surface area contributed by atoms with Crippen LogP contribution in [-0.2, 0) is 11.3 Å². The lowest BCUT2D eigenvalue weighted by molar-refractivity contribution is -0.115. The van der Waals surface area contributed by atoms with Gasteiger partial charge in [0, 0.05) is 22.0 Å². The predicted octanol–water partition coefficient (Wildman–Crippen LogP) is 5.63. The third-order valence-electron chi connectivity index (χ3n) is 4.15. The van der Waals surface area contributed by atoms with Crippen LogP contribution in [0.2, 0.25) is 5.02 Å². The minimum absolute atomic E-state index is 0.0855. The lowest BCUT2D eigenvalue weighted by atomic mass is 10.2. The van der Waals surface area contributed by atoms with E-state index in [1.807, 2.05) is 66.3 Å². The van der Waals surface area contributed by atoms with E-state index >= 15 is 0 Å². The molecule has 0 aliphatic rings. The quantitative estimate of drug-likeness (QED) is 0.360. The van der Waals surface area contributed by atoms with Crippen molar-refractivity contribution in [3.05, 3.63) is 66.2 Å². The maximum absolute atomic E-state index is 12.7. The molecule has 0 saturated carbocycles. The number of nitrogens with one attached hydrogen (secondary N) is 1. The summed E-state index contributed by atoms with van der Waals surface area (Å²) in [6, 6.07) is 15.2. The second-order valence-electron chi connectivity index (χ2n) is 6.16. The molecule has 0 fully saturated rings. The summed E-state index contributed by atoms with van der Waals surface area (Å²) in [5.74, 6) is 0.627. The molecule has 0 saturated heterocycles. The van der Waals surface area contributed by atoms with E-state index in [4.69, 9.17) is 11.6 Å². The molecule has 0 radical (unpaired) electrons. The van der Waals surface area contributed by atoms with Gasteiger partial charge in [0.25, 0.3) is 0 Å². The molecule has 1 atom stereocenters. The van der Waals surface area contributed by atoms with Crippen LogP contribution < -0.4 is 5.32 Å². The highest BCUT2D eigenvalue weighted by atomic mass is 35.5. The number of carbonyl (C=O) groups is 1. The van der Waals surface area contributed by atoms with Crippen LogP contribution in [0.15, 0.2) is 71.2 Å². The van der Waals surface area contributed by atoms with Crippen LogP contribution in [0.1, 0.15) is 6.92 Å². The maximum Gasteiger partial charge on any atom is 0.237 e. The van der Waals surface area contributed by atoms with E-state index in [-0.39, 0.29) is 11.2 Å². The van der Waals surface area contributed by atoms with Gasteiger partial charge in [-0.15, -0.1) is 28.5 Å². The van der Waals surface area contributed by atoms with Crippen LogP contribution >= 0.6 is 35.1 Å². The van der Waals surface area contributed by atoms with Gasteiger partial charge in [-0.2, -0.15) is 0 Å². The molecule has 0 spiro atoms. The van der Waals surface area contributed by atoms with Crippen molar-refractivity contribution in [2.45, 2.75) is 28.8 Å². The zero-order valence-corrected chi connectivity index (χ0v) is 18.5. The van der Waals surface area contributed by atoms with Gasteiger partial charge in [-0.05, 0) is 49.6 Å². The SMILES string of the molecule is C=CCn1c(SC(C)C(=O)Nc2ccccc2SC)nnc1-c1ccc(Cl)cc1. The number of amides is 1. The number of carbonyl (C=O) groups excluding carboxylic acids is 1. The maximum atomic E-state index is 12.7. The first kappa shape index (κ1) is 21.5. The molecular formula is C21H21ClN4OS2. The number of para-hydroxylation sites is 1. The Morgan fingerprint density at radius 1 is 1.24 bits per heavy atom. The Labute approximate surface area is 183 Å². The molecule has 1 N–H and O–H groups in total. The van der Waals surface area contributed by atoms with Crippen molar-refractivity contribution in [3.63, 3.8) is 0 Å². The molecule has 1 unspecified atom stereocenters. The summed E-state index contributed by atoms with van der Waals surface area (Å²) in [7, 11) is 0. The Morgan fingerprint density at radius 3 is 2.66 bits per heavy atom. The van der Waals surface area contributed by atoms with Crippen LogP contribution in [-0.4, -0.2) is 32.2 Å². The Morgan fingerprint density at radius 2 is 1.97 bits per heavy atom. The average molecular weight is 445 g/mol. The van der Waals surface area contributed by atoms with Crippen LogP contribution in [0.5, 0.6) is 0 Å². The zero-order valence-electron chi connectivity index (χ0n) is 16.1. The summed E-state index contributed by atoms with van der Waals surface area (Å²) in [4.78, 5) is 13.8. The third kappa shape index (κ3) is 5.23. The lowest BCUT2D eigenvalue weighted by Crippen LogP contribution is -2.23. The smallest absolute Gasteiger partial charge is 0.237 e. The highest BCUT2D eigenvalue weighted by Gasteiger charge is 2.21. The molecule has 0 aliphatic heterocycles. The zero-order chi connectivity index (χ0) is 20.8. The van der Waals surface area contributed by atoms with Crippen molar-refractivity contribution in [2.24, 2.45) is 0 Å². The number of aromatic nitrogens is 3. The Balaban J connectivity index is 1.79. The molecule has 3 aromatic rings. The van der Waals surface area contributed by atoms with Crippen LogP contribution in [0.4, 0.5) is 5.69 Å². The number of benzene rings is 2. The topological polar surface area (TPSA) is 59.8 Å². The van der Waals surface area contributed by atoms with Crippen LogP contribution in [0.3, 0.4) is 0 Å². The van der Waals surface area contributed by atoms with E-state index in [2.05, 4.69) is 22.1 Å². The van der Waals surface area contributed by atoms with Gasteiger partial charge in [-0.1, -0.05) is 41.6 Å². The van der Waals surface area contributed by atoms with Gasteiger partial charge in [0.2, 0.25) is 5.91 Å². The number of hydrogen-bond acceptors (Lipinski definition) is 5. The summed E-state index contributed by atoms with van der Waals surface area (Å²) in [6.07, 6.45) is 3.77. The van der Waals surface area contributed by atoms with E-state index in [1.54, 1.807) is 17.8 Å². The number of halogens is 1. The normalized spacial score (nSPS) is 11.8. The van der Waals surface area contributed by atoms with Crippen LogP contribution in [0, 0.1) is 0 Å². The first-order valence-electron chi connectivity index (χ1n) is 8.94. The molecule has 3 rings (SSSR count). The van der Waals surface area contributed by atoms with E-state index in [0.717, 1.165) is 16.1 Å². The van der Waals surface area contributed by atoms with E-state index < -0.39 is 0 Å². The van der Waals surface area contributed by atoms with E-state index in [1.165, 1.54) is 11.8 Å². The molecular weight excluding hydrogens is 424 g/mol. The summed E-state index contributed by atoms with van der Waals surface area (Å²) < 4.78 is 1.94. The van der Waals surface area contributed by atoms with Crippen molar-refractivity contribution in [1.29, 1.82) is 0 Å². The number of allylic oxidation sites excluding steroid dienone is 1. The van der Waals surface area contributed by atoms with Gasteiger partial charge in [0.15, 0.2) is 11.0 Å². The monoisotopic (exact) mass is 444 g/mol. The highest BCUT2D eigenvalue weighted by Crippen LogP contribution is 2.29.